The first-order valence-corrected chi connectivity index (χ1v) is 12.4. The number of carbonyl (C=O) groups excluding carboxylic acids is 2. The lowest BCUT2D eigenvalue weighted by atomic mass is 9.73. The average molecular weight is 455 g/mol. The summed E-state index contributed by atoms with van der Waals surface area (Å²) in [6, 6.07) is -0.305. The molecule has 4 atom stereocenters. The molecular formula is C16H30INO4Si. The molecule has 1 rings (SSSR count). The van der Waals surface area contributed by atoms with E-state index in [1.165, 1.54) is 7.11 Å². The lowest BCUT2D eigenvalue weighted by molar-refractivity contribution is -0.172. The molecule has 1 unspecified atom stereocenters. The van der Waals surface area contributed by atoms with Crippen molar-refractivity contribution in [3.63, 3.8) is 0 Å². The number of ether oxygens (including phenoxy) is 1. The minimum atomic E-state index is -2.14. The highest BCUT2D eigenvalue weighted by Crippen LogP contribution is 2.49. The Hall–Kier alpha value is -0.153. The molecule has 0 spiro atoms. The van der Waals surface area contributed by atoms with E-state index in [0.29, 0.717) is 4.43 Å². The number of methoxy groups -OCH3 is 1. The Kier molecular flexibility index (Phi) is 6.02. The van der Waals surface area contributed by atoms with Gasteiger partial charge in [-0.05, 0) is 18.9 Å². The van der Waals surface area contributed by atoms with Gasteiger partial charge < -0.3 is 14.4 Å². The van der Waals surface area contributed by atoms with Gasteiger partial charge in [0.25, 0.3) is 0 Å². The summed E-state index contributed by atoms with van der Waals surface area (Å²) >= 11 is 2.09. The van der Waals surface area contributed by atoms with Gasteiger partial charge in [0.15, 0.2) is 8.24 Å². The number of rotatable bonds is 5. The Balaban J connectivity index is 3.32. The maximum Gasteiger partial charge on any atom is 0.310 e. The SMILES string of the molecule is COC(=O)[C@H](C)[C@@H]1[C@H](C(C)(O)CI)C(=O)N1[Si](C)(C)C(C)(C)C. The van der Waals surface area contributed by atoms with Crippen molar-refractivity contribution in [3.05, 3.63) is 0 Å². The Morgan fingerprint density at radius 1 is 1.39 bits per heavy atom. The Labute approximate surface area is 154 Å². The van der Waals surface area contributed by atoms with Crippen molar-refractivity contribution in [1.29, 1.82) is 0 Å². The van der Waals surface area contributed by atoms with Crippen LogP contribution in [0.3, 0.4) is 0 Å². The van der Waals surface area contributed by atoms with Crippen molar-refractivity contribution in [2.24, 2.45) is 11.8 Å². The molecule has 7 heteroatoms. The molecule has 0 aromatic rings. The van der Waals surface area contributed by atoms with E-state index in [9.17, 15) is 14.7 Å². The number of halogens is 1. The number of hydrogen-bond donors (Lipinski definition) is 1. The molecule has 1 saturated heterocycles. The van der Waals surface area contributed by atoms with E-state index in [4.69, 9.17) is 4.74 Å². The van der Waals surface area contributed by atoms with Crippen LogP contribution < -0.4 is 0 Å². The fourth-order valence-corrected chi connectivity index (χ4v) is 6.08. The van der Waals surface area contributed by atoms with Gasteiger partial charge in [-0.3, -0.25) is 9.59 Å². The van der Waals surface area contributed by atoms with Crippen LogP contribution in [0.1, 0.15) is 34.6 Å². The van der Waals surface area contributed by atoms with Crippen LogP contribution in [0, 0.1) is 11.8 Å². The van der Waals surface area contributed by atoms with Gasteiger partial charge in [-0.15, -0.1) is 0 Å². The van der Waals surface area contributed by atoms with Crippen LogP contribution in [0.5, 0.6) is 0 Å². The van der Waals surface area contributed by atoms with E-state index in [1.54, 1.807) is 13.8 Å². The van der Waals surface area contributed by atoms with Crippen LogP contribution in [0.15, 0.2) is 0 Å². The minimum absolute atomic E-state index is 0.0287. The molecule has 1 aliphatic heterocycles. The number of nitrogens with zero attached hydrogens (tertiary/aromatic N) is 1. The summed E-state index contributed by atoms with van der Waals surface area (Å²) in [5.74, 6) is -1.37. The van der Waals surface area contributed by atoms with E-state index >= 15 is 0 Å². The summed E-state index contributed by atoms with van der Waals surface area (Å²) in [6.07, 6.45) is 0. The third-order valence-corrected chi connectivity index (χ3v) is 12.5. The van der Waals surface area contributed by atoms with E-state index in [-0.39, 0.29) is 23.0 Å². The number of amides is 1. The van der Waals surface area contributed by atoms with Gasteiger partial charge in [0.05, 0.1) is 30.6 Å². The van der Waals surface area contributed by atoms with Crippen LogP contribution in [-0.4, -0.2) is 53.0 Å². The minimum Gasteiger partial charge on any atom is -0.469 e. The highest BCUT2D eigenvalue weighted by molar-refractivity contribution is 14.1. The Morgan fingerprint density at radius 2 is 1.87 bits per heavy atom. The van der Waals surface area contributed by atoms with Gasteiger partial charge >= 0.3 is 5.97 Å². The molecule has 0 bridgehead atoms. The van der Waals surface area contributed by atoms with Gasteiger partial charge in [-0.1, -0.05) is 56.5 Å². The van der Waals surface area contributed by atoms with Crippen molar-refractivity contribution < 1.29 is 19.4 Å². The summed E-state index contributed by atoms with van der Waals surface area (Å²) in [6.45, 7) is 14.2. The molecule has 1 N–H and O–H groups in total. The molecule has 0 saturated carbocycles. The second kappa shape index (κ2) is 6.63. The van der Waals surface area contributed by atoms with Crippen molar-refractivity contribution in [1.82, 2.24) is 4.57 Å². The standard InChI is InChI=1S/C16H30INO4Si/c1-10(14(20)22-6)12-11(16(5,21)9-17)13(19)18(12)23(7,8)15(2,3)4/h10-12,21H,9H2,1-8H3/t10-,11+,12-,16?/m1/s1. The molecule has 0 aromatic heterocycles. The third kappa shape index (κ3) is 3.46. The van der Waals surface area contributed by atoms with Crippen LogP contribution in [0.4, 0.5) is 0 Å². The first kappa shape index (κ1) is 20.9. The van der Waals surface area contributed by atoms with Crippen molar-refractivity contribution in [2.45, 2.75) is 64.4 Å². The van der Waals surface area contributed by atoms with Gasteiger partial charge in [-0.2, -0.15) is 0 Å². The van der Waals surface area contributed by atoms with E-state index in [0.717, 1.165) is 0 Å². The zero-order valence-electron chi connectivity index (χ0n) is 15.4. The fourth-order valence-electron chi connectivity index (χ4n) is 3.07. The summed E-state index contributed by atoms with van der Waals surface area (Å²) in [7, 11) is -0.777. The van der Waals surface area contributed by atoms with Crippen LogP contribution in [0.2, 0.25) is 18.1 Å². The van der Waals surface area contributed by atoms with E-state index in [1.807, 2.05) is 4.57 Å². The summed E-state index contributed by atoms with van der Waals surface area (Å²) in [5, 5.41) is 10.7. The molecule has 1 heterocycles. The monoisotopic (exact) mass is 455 g/mol. The lowest BCUT2D eigenvalue weighted by Gasteiger charge is -2.62. The van der Waals surface area contributed by atoms with E-state index < -0.39 is 25.7 Å². The van der Waals surface area contributed by atoms with Crippen LogP contribution in [-0.2, 0) is 14.3 Å². The highest BCUT2D eigenvalue weighted by Gasteiger charge is 2.64. The zero-order chi connectivity index (χ0) is 18.4. The molecule has 5 nitrogen and oxygen atoms in total. The highest BCUT2D eigenvalue weighted by atomic mass is 127. The quantitative estimate of drug-likeness (QED) is 0.228. The lowest BCUT2D eigenvalue weighted by Crippen LogP contribution is -2.78. The fraction of sp³-hybridized carbons (Fsp3) is 0.875. The Bertz CT molecular complexity index is 487. The summed E-state index contributed by atoms with van der Waals surface area (Å²) in [4.78, 5) is 25.0. The molecule has 134 valence electrons. The smallest absolute Gasteiger partial charge is 0.310 e. The molecule has 0 aromatic carbocycles. The predicted octanol–water partition coefficient (Wildman–Crippen LogP) is 2.81. The average Bonchev–Trinajstić information content (AvgIpc) is 2.40. The summed E-state index contributed by atoms with van der Waals surface area (Å²) < 4.78 is 7.26. The topological polar surface area (TPSA) is 66.8 Å². The van der Waals surface area contributed by atoms with Gasteiger partial charge in [0.1, 0.15) is 0 Å². The number of esters is 1. The van der Waals surface area contributed by atoms with Crippen molar-refractivity contribution in [3.8, 4) is 0 Å². The summed E-state index contributed by atoms with van der Waals surface area (Å²) in [5.41, 5.74) is -1.12. The molecular weight excluding hydrogens is 425 g/mol. The predicted molar refractivity (Wildman–Crippen MR) is 102 cm³/mol. The molecule has 23 heavy (non-hydrogen) atoms. The number of hydrogen-bond acceptors (Lipinski definition) is 4. The third-order valence-electron chi connectivity index (χ3n) is 5.61. The van der Waals surface area contributed by atoms with E-state index in [2.05, 4.69) is 56.5 Å². The number of aliphatic hydroxyl groups is 1. The maximum absolute atomic E-state index is 12.9. The maximum atomic E-state index is 12.9. The zero-order valence-corrected chi connectivity index (χ0v) is 18.6. The molecule has 1 aliphatic rings. The van der Waals surface area contributed by atoms with Gasteiger partial charge in [0, 0.05) is 4.43 Å². The van der Waals surface area contributed by atoms with Gasteiger partial charge in [0.2, 0.25) is 5.91 Å². The number of alkyl halides is 1. The second-order valence-electron chi connectivity index (χ2n) is 8.29. The number of carbonyl (C=O) groups is 2. The second-order valence-corrected chi connectivity index (χ2v) is 14.2. The Morgan fingerprint density at radius 3 is 2.22 bits per heavy atom. The van der Waals surface area contributed by atoms with Crippen LogP contribution in [0.25, 0.3) is 0 Å². The molecule has 1 amide bonds. The molecule has 0 radical (unpaired) electrons. The van der Waals surface area contributed by atoms with Crippen molar-refractivity contribution >= 4 is 42.7 Å². The van der Waals surface area contributed by atoms with Crippen molar-refractivity contribution in [2.75, 3.05) is 11.5 Å². The largest absolute Gasteiger partial charge is 0.469 e. The first-order valence-electron chi connectivity index (χ1n) is 7.93. The molecule has 1 fully saturated rings. The first-order chi connectivity index (χ1) is 10.2. The van der Waals surface area contributed by atoms with Gasteiger partial charge in [-0.25, -0.2) is 0 Å². The van der Waals surface area contributed by atoms with Crippen LogP contribution >= 0.6 is 22.6 Å². The normalized spacial score (nSPS) is 26.3. The molecule has 0 aliphatic carbocycles. The number of β-lactam (4-membered cyclic amide) rings is 1.